The third kappa shape index (κ3) is 15.7. The van der Waals surface area contributed by atoms with E-state index < -0.39 is 6.10 Å². The van der Waals surface area contributed by atoms with Crippen molar-refractivity contribution in [2.45, 2.75) is 91.6 Å². The first kappa shape index (κ1) is 24.2. The molecular weight excluding hydrogens is 328 g/mol. The molecule has 0 aliphatic carbocycles. The molecule has 1 atom stereocenters. The molecule has 0 rings (SSSR count). The van der Waals surface area contributed by atoms with Crippen LogP contribution >= 0.6 is 0 Å². The van der Waals surface area contributed by atoms with E-state index in [9.17, 15) is 9.59 Å². The number of carbonyl (C=O) groups is 2. The summed E-state index contributed by atoms with van der Waals surface area (Å²) in [5, 5.41) is 0. The zero-order valence-corrected chi connectivity index (χ0v) is 17.1. The second-order valence-corrected chi connectivity index (χ2v) is 7.15. The van der Waals surface area contributed by atoms with Crippen molar-refractivity contribution >= 4 is 11.9 Å². The number of allylic oxidation sites excluding steroid dienone is 1. The lowest BCUT2D eigenvalue weighted by Crippen LogP contribution is -2.19. The lowest BCUT2D eigenvalue weighted by Gasteiger charge is -2.14. The summed E-state index contributed by atoms with van der Waals surface area (Å²) in [5.74, 6) is 5.63. The molecule has 0 heterocycles. The van der Waals surface area contributed by atoms with Crippen LogP contribution in [0.15, 0.2) is 12.2 Å². The molecule has 0 saturated heterocycles. The molecule has 0 N–H and O–H groups in total. The first-order valence-electron chi connectivity index (χ1n) is 9.87. The van der Waals surface area contributed by atoms with Crippen molar-refractivity contribution in [2.24, 2.45) is 5.92 Å². The number of rotatable bonds is 13. The van der Waals surface area contributed by atoms with Crippen LogP contribution in [0.2, 0.25) is 0 Å². The van der Waals surface area contributed by atoms with Crippen molar-refractivity contribution in [3.63, 3.8) is 0 Å². The number of esters is 2. The molecule has 4 nitrogen and oxygen atoms in total. The van der Waals surface area contributed by atoms with Gasteiger partial charge in [-0.25, -0.2) is 0 Å². The molecule has 0 aromatic carbocycles. The zero-order chi connectivity index (χ0) is 19.8. The third-order valence-corrected chi connectivity index (χ3v) is 3.68. The van der Waals surface area contributed by atoms with Crippen molar-refractivity contribution in [3.05, 3.63) is 12.2 Å². The predicted octanol–water partition coefficient (Wildman–Crippen LogP) is 5.21. The second-order valence-electron chi connectivity index (χ2n) is 7.15. The zero-order valence-electron chi connectivity index (χ0n) is 17.1. The SMILES string of the molecule is C=C(C)C#CC(CC(C)C)OC(=O)CCCC(=O)OCCCCCCC. The molecule has 0 aromatic heterocycles. The first-order valence-corrected chi connectivity index (χ1v) is 9.87. The molecule has 0 bridgehead atoms. The summed E-state index contributed by atoms with van der Waals surface area (Å²) in [6.07, 6.45) is 6.77. The van der Waals surface area contributed by atoms with Crippen LogP contribution in [0.4, 0.5) is 0 Å². The quantitative estimate of drug-likeness (QED) is 0.256. The van der Waals surface area contributed by atoms with Crippen LogP contribution < -0.4 is 0 Å². The maximum atomic E-state index is 12.0. The smallest absolute Gasteiger partial charge is 0.307 e. The van der Waals surface area contributed by atoms with Crippen molar-refractivity contribution < 1.29 is 19.1 Å². The Morgan fingerprint density at radius 1 is 1.00 bits per heavy atom. The number of unbranched alkanes of at least 4 members (excludes halogenated alkanes) is 4. The van der Waals surface area contributed by atoms with Crippen LogP contribution in [0.1, 0.15) is 85.5 Å². The van der Waals surface area contributed by atoms with Crippen LogP contribution in [0.25, 0.3) is 0 Å². The highest BCUT2D eigenvalue weighted by Crippen LogP contribution is 2.10. The first-order chi connectivity index (χ1) is 12.3. The molecular formula is C22H36O4. The van der Waals surface area contributed by atoms with Crippen LogP contribution in [-0.2, 0) is 19.1 Å². The van der Waals surface area contributed by atoms with Gasteiger partial charge in [-0.3, -0.25) is 9.59 Å². The molecule has 0 saturated carbocycles. The molecule has 0 amide bonds. The standard InChI is InChI=1S/C22H36O4/c1-6-7-8-9-10-16-25-21(23)12-11-13-22(24)26-20(17-19(4)5)15-14-18(2)3/h19-20H,2,6-13,16-17H2,1,3-5H3. The van der Waals surface area contributed by atoms with E-state index in [1.165, 1.54) is 19.3 Å². The van der Waals surface area contributed by atoms with E-state index in [-0.39, 0.29) is 24.8 Å². The summed E-state index contributed by atoms with van der Waals surface area (Å²) in [5.41, 5.74) is 0.743. The highest BCUT2D eigenvalue weighted by molar-refractivity contribution is 5.72. The van der Waals surface area contributed by atoms with Crippen molar-refractivity contribution in [3.8, 4) is 11.8 Å². The molecule has 0 radical (unpaired) electrons. The maximum absolute atomic E-state index is 12.0. The van der Waals surface area contributed by atoms with Gasteiger partial charge in [0.2, 0.25) is 0 Å². The van der Waals surface area contributed by atoms with Gasteiger partial charge in [0.05, 0.1) is 6.61 Å². The Kier molecular flexibility index (Phi) is 14.4. The van der Waals surface area contributed by atoms with E-state index in [1.807, 2.05) is 6.92 Å². The molecule has 0 aliphatic rings. The van der Waals surface area contributed by atoms with Crippen molar-refractivity contribution in [2.75, 3.05) is 6.61 Å². The fourth-order valence-electron chi connectivity index (χ4n) is 2.33. The molecule has 4 heteroatoms. The van der Waals surface area contributed by atoms with E-state index in [0.717, 1.165) is 18.4 Å². The number of hydrogen-bond donors (Lipinski definition) is 0. The molecule has 1 unspecified atom stereocenters. The topological polar surface area (TPSA) is 52.6 Å². The predicted molar refractivity (Wildman–Crippen MR) is 105 cm³/mol. The van der Waals surface area contributed by atoms with E-state index in [1.54, 1.807) is 0 Å². The van der Waals surface area contributed by atoms with Gasteiger partial charge in [-0.15, -0.1) is 0 Å². The van der Waals surface area contributed by atoms with E-state index in [2.05, 4.69) is 39.2 Å². The van der Waals surface area contributed by atoms with Crippen molar-refractivity contribution in [1.29, 1.82) is 0 Å². The normalized spacial score (nSPS) is 11.4. The van der Waals surface area contributed by atoms with Gasteiger partial charge in [-0.2, -0.15) is 0 Å². The van der Waals surface area contributed by atoms with Gasteiger partial charge in [0.15, 0.2) is 6.10 Å². The van der Waals surface area contributed by atoms with Crippen LogP contribution in [0.3, 0.4) is 0 Å². The summed E-state index contributed by atoms with van der Waals surface area (Å²) < 4.78 is 10.6. The molecule has 0 aliphatic heterocycles. The summed E-state index contributed by atoms with van der Waals surface area (Å²) in [6, 6.07) is 0. The monoisotopic (exact) mass is 364 g/mol. The number of carbonyl (C=O) groups excluding carboxylic acids is 2. The Morgan fingerprint density at radius 3 is 2.27 bits per heavy atom. The van der Waals surface area contributed by atoms with Gasteiger partial charge >= 0.3 is 11.9 Å². The van der Waals surface area contributed by atoms with Crippen LogP contribution in [-0.4, -0.2) is 24.6 Å². The third-order valence-electron chi connectivity index (χ3n) is 3.68. The fourth-order valence-corrected chi connectivity index (χ4v) is 2.33. The Balaban J connectivity index is 3.99. The summed E-state index contributed by atoms with van der Waals surface area (Å²) in [7, 11) is 0. The van der Waals surface area contributed by atoms with E-state index in [0.29, 0.717) is 25.4 Å². The van der Waals surface area contributed by atoms with Crippen LogP contribution in [0.5, 0.6) is 0 Å². The highest BCUT2D eigenvalue weighted by Gasteiger charge is 2.14. The number of hydrogen-bond acceptors (Lipinski definition) is 4. The molecule has 148 valence electrons. The van der Waals surface area contributed by atoms with Gasteiger partial charge in [-0.1, -0.05) is 64.9 Å². The molecule has 26 heavy (non-hydrogen) atoms. The minimum atomic E-state index is -0.422. The highest BCUT2D eigenvalue weighted by atomic mass is 16.5. The number of ether oxygens (including phenoxy) is 2. The molecule has 0 spiro atoms. The average Bonchev–Trinajstić information content (AvgIpc) is 2.55. The second kappa shape index (κ2) is 15.5. The fraction of sp³-hybridized carbons (Fsp3) is 0.727. The molecule has 0 aromatic rings. The average molecular weight is 365 g/mol. The van der Waals surface area contributed by atoms with Gasteiger partial charge in [0.25, 0.3) is 0 Å². The Morgan fingerprint density at radius 2 is 1.65 bits per heavy atom. The van der Waals surface area contributed by atoms with Gasteiger partial charge in [0.1, 0.15) is 0 Å². The molecule has 0 fully saturated rings. The Hall–Kier alpha value is -1.76. The minimum absolute atomic E-state index is 0.203. The lowest BCUT2D eigenvalue weighted by molar-refractivity contribution is -0.147. The Labute approximate surface area is 159 Å². The Bertz CT molecular complexity index is 482. The largest absolute Gasteiger partial charge is 0.466 e. The van der Waals surface area contributed by atoms with E-state index >= 15 is 0 Å². The minimum Gasteiger partial charge on any atom is -0.466 e. The van der Waals surface area contributed by atoms with Gasteiger partial charge < -0.3 is 9.47 Å². The summed E-state index contributed by atoms with van der Waals surface area (Å²) in [4.78, 5) is 23.6. The van der Waals surface area contributed by atoms with Gasteiger partial charge in [0, 0.05) is 12.8 Å². The summed E-state index contributed by atoms with van der Waals surface area (Å²) in [6.45, 7) is 12.3. The summed E-state index contributed by atoms with van der Waals surface area (Å²) >= 11 is 0. The lowest BCUT2D eigenvalue weighted by atomic mass is 10.1. The maximum Gasteiger partial charge on any atom is 0.307 e. The van der Waals surface area contributed by atoms with Gasteiger partial charge in [-0.05, 0) is 37.7 Å². The van der Waals surface area contributed by atoms with Crippen LogP contribution in [0, 0.1) is 17.8 Å². The van der Waals surface area contributed by atoms with Crippen molar-refractivity contribution in [1.82, 2.24) is 0 Å². The van der Waals surface area contributed by atoms with E-state index in [4.69, 9.17) is 9.47 Å².